The first-order valence-corrected chi connectivity index (χ1v) is 40.0. The standard InChI is InChI=1S/C83H147NO13/c1-3-5-7-9-11-13-15-17-19-21-23-25-27-29-31-33-34-35-36-37-38-39-41-43-45-47-49-51-53-55-57-59-61-63-65-67-75(88)84-71(70-94-82-80(93)78(91)81(74(69-86)96-82)97-83-79(92)77(90)76(89)73(68-85)95-83)72(87)66-64-62-60-58-56-54-52-50-48-46-44-42-40-32-30-28-26-24-22-20-18-16-14-12-10-8-6-4-2/h5,7,11,13,17,19,23,25,29,31,34-35,56,58,64,66,71-74,76-83,85-87,89-93H,3-4,6,8-10,12,14-16,18,20-22,24,26-28,30,32-33,36-55,57,59-63,65,67-70H2,1-2H3,(H,84,88)/b7-5-,13-11-,19-17-,25-23-,31-29-,35-34-,58-56+,66-64+. The molecule has 2 fully saturated rings. The molecule has 0 aromatic heterocycles. The molecule has 0 aromatic carbocycles. The zero-order valence-corrected chi connectivity index (χ0v) is 61.6. The third kappa shape index (κ3) is 49.2. The lowest BCUT2D eigenvalue weighted by Crippen LogP contribution is -2.65. The minimum atomic E-state index is -1.80. The Balaban J connectivity index is 1.63. The van der Waals surface area contributed by atoms with Crippen LogP contribution in [0.4, 0.5) is 0 Å². The maximum atomic E-state index is 13.4. The van der Waals surface area contributed by atoms with E-state index in [4.69, 9.17) is 18.9 Å². The number of hydrogen-bond acceptors (Lipinski definition) is 13. The van der Waals surface area contributed by atoms with Crippen LogP contribution in [0.3, 0.4) is 0 Å². The zero-order valence-electron chi connectivity index (χ0n) is 61.6. The van der Waals surface area contributed by atoms with Crippen LogP contribution in [-0.2, 0) is 23.7 Å². The Labute approximate surface area is 592 Å². The van der Waals surface area contributed by atoms with Crippen molar-refractivity contribution in [3.8, 4) is 0 Å². The predicted molar refractivity (Wildman–Crippen MR) is 401 cm³/mol. The van der Waals surface area contributed by atoms with Gasteiger partial charge in [0, 0.05) is 6.42 Å². The lowest BCUT2D eigenvalue weighted by Gasteiger charge is -2.46. The number of amides is 1. The maximum absolute atomic E-state index is 13.4. The topological polar surface area (TPSA) is 228 Å². The molecular formula is C83H147NO13. The van der Waals surface area contributed by atoms with Crippen LogP contribution in [0.15, 0.2) is 97.2 Å². The number of hydrogen-bond donors (Lipinski definition) is 9. The molecule has 2 rings (SSSR count). The van der Waals surface area contributed by atoms with E-state index >= 15 is 0 Å². The van der Waals surface area contributed by atoms with Gasteiger partial charge < -0.3 is 65.1 Å². The quantitative estimate of drug-likeness (QED) is 0.0204. The first-order valence-electron chi connectivity index (χ1n) is 40.0. The summed E-state index contributed by atoms with van der Waals surface area (Å²) in [5, 5.41) is 87.7. The van der Waals surface area contributed by atoms with Crippen LogP contribution >= 0.6 is 0 Å². The lowest BCUT2D eigenvalue weighted by atomic mass is 9.97. The van der Waals surface area contributed by atoms with Crippen molar-refractivity contribution in [1.82, 2.24) is 5.32 Å². The minimum Gasteiger partial charge on any atom is -0.394 e. The van der Waals surface area contributed by atoms with Crippen LogP contribution in [0.5, 0.6) is 0 Å². The van der Waals surface area contributed by atoms with Crippen molar-refractivity contribution in [3.05, 3.63) is 97.2 Å². The summed E-state index contributed by atoms with van der Waals surface area (Å²) in [6.07, 6.45) is 77.7. The fraction of sp³-hybridized carbons (Fsp3) is 0.795. The van der Waals surface area contributed by atoms with Crippen molar-refractivity contribution in [1.29, 1.82) is 0 Å². The van der Waals surface area contributed by atoms with Crippen molar-refractivity contribution >= 4 is 5.91 Å². The number of aliphatic hydroxyl groups excluding tert-OH is 8. The van der Waals surface area contributed by atoms with E-state index in [1.54, 1.807) is 6.08 Å². The van der Waals surface area contributed by atoms with Gasteiger partial charge in [-0.15, -0.1) is 0 Å². The zero-order chi connectivity index (χ0) is 70.1. The van der Waals surface area contributed by atoms with Crippen LogP contribution < -0.4 is 5.32 Å². The van der Waals surface area contributed by atoms with Gasteiger partial charge in [-0.25, -0.2) is 0 Å². The van der Waals surface area contributed by atoms with Crippen molar-refractivity contribution in [2.45, 2.75) is 402 Å². The molecule has 97 heavy (non-hydrogen) atoms. The molecule has 2 aliphatic heterocycles. The molecule has 12 atom stereocenters. The highest BCUT2D eigenvalue weighted by atomic mass is 16.7. The average molecular weight is 1370 g/mol. The van der Waals surface area contributed by atoms with E-state index in [2.05, 4.69) is 104 Å². The Bertz CT molecular complexity index is 2000. The molecule has 2 aliphatic rings. The van der Waals surface area contributed by atoms with Crippen LogP contribution in [0.2, 0.25) is 0 Å². The molecule has 0 aliphatic carbocycles. The van der Waals surface area contributed by atoms with Gasteiger partial charge in [0.25, 0.3) is 0 Å². The molecule has 562 valence electrons. The highest BCUT2D eigenvalue weighted by Gasteiger charge is 2.51. The summed E-state index contributed by atoms with van der Waals surface area (Å²) >= 11 is 0. The number of nitrogens with one attached hydrogen (secondary N) is 1. The number of rotatable bonds is 66. The van der Waals surface area contributed by atoms with Gasteiger partial charge >= 0.3 is 0 Å². The van der Waals surface area contributed by atoms with Crippen LogP contribution in [-0.4, -0.2) is 140 Å². The smallest absolute Gasteiger partial charge is 0.220 e. The number of allylic oxidation sites excluding steroid dienone is 15. The van der Waals surface area contributed by atoms with Gasteiger partial charge in [0.1, 0.15) is 48.8 Å². The van der Waals surface area contributed by atoms with Gasteiger partial charge in [-0.2, -0.15) is 0 Å². The molecule has 0 spiro atoms. The van der Waals surface area contributed by atoms with Crippen molar-refractivity contribution in [3.63, 3.8) is 0 Å². The highest BCUT2D eigenvalue weighted by Crippen LogP contribution is 2.30. The molecule has 12 unspecified atom stereocenters. The second kappa shape index (κ2) is 66.2. The maximum Gasteiger partial charge on any atom is 0.220 e. The lowest BCUT2D eigenvalue weighted by molar-refractivity contribution is -0.359. The fourth-order valence-corrected chi connectivity index (χ4v) is 12.7. The molecule has 0 radical (unpaired) electrons. The minimum absolute atomic E-state index is 0.248. The van der Waals surface area contributed by atoms with Crippen molar-refractivity contribution < 1.29 is 64.6 Å². The Morgan fingerprint density at radius 2 is 0.722 bits per heavy atom. The third-order valence-corrected chi connectivity index (χ3v) is 19.0. The van der Waals surface area contributed by atoms with E-state index in [9.17, 15) is 45.6 Å². The molecule has 2 heterocycles. The molecule has 0 aromatic rings. The van der Waals surface area contributed by atoms with Gasteiger partial charge in [-0.05, 0) is 83.5 Å². The first kappa shape index (κ1) is 90.0. The highest BCUT2D eigenvalue weighted by molar-refractivity contribution is 5.76. The normalized spacial score (nSPS) is 22.7. The summed E-state index contributed by atoms with van der Waals surface area (Å²) in [6, 6.07) is -0.938. The first-order chi connectivity index (χ1) is 47.6. The SMILES string of the molecule is CC/C=C\C/C=C\C/C=C\C/C=C\C/C=C\C/C=C\CCCCCCCCCCCCCCCCCCC(=O)NC(COC1OC(CO)C(OC2OC(CO)C(O)C(O)C2O)C(O)C1O)C(O)/C=C/CC/C=C/CCCCCCCCCCCCCCCCCCCCCCCC. The van der Waals surface area contributed by atoms with E-state index in [0.717, 1.165) is 70.6 Å². The van der Waals surface area contributed by atoms with E-state index < -0.39 is 86.8 Å². The molecule has 0 saturated carbocycles. The molecule has 14 heteroatoms. The van der Waals surface area contributed by atoms with Gasteiger partial charge in [0.2, 0.25) is 5.91 Å². The van der Waals surface area contributed by atoms with Crippen LogP contribution in [0, 0.1) is 0 Å². The van der Waals surface area contributed by atoms with Gasteiger partial charge in [0.15, 0.2) is 12.6 Å². The number of aliphatic hydroxyl groups is 8. The van der Waals surface area contributed by atoms with E-state index in [1.165, 1.54) is 225 Å². The number of carbonyl (C=O) groups excluding carboxylic acids is 1. The average Bonchev–Trinajstić information content (AvgIpc) is 0.793. The number of unbranched alkanes of at least 4 members (excludes halogenated alkanes) is 39. The summed E-state index contributed by atoms with van der Waals surface area (Å²) in [5.41, 5.74) is 0. The predicted octanol–water partition coefficient (Wildman–Crippen LogP) is 18.1. The molecule has 2 saturated heterocycles. The molecule has 0 bridgehead atoms. The summed E-state index contributed by atoms with van der Waals surface area (Å²) in [7, 11) is 0. The van der Waals surface area contributed by atoms with Gasteiger partial charge in [0.05, 0.1) is 32.0 Å². The van der Waals surface area contributed by atoms with E-state index in [0.29, 0.717) is 12.8 Å². The van der Waals surface area contributed by atoms with Gasteiger partial charge in [-0.3, -0.25) is 4.79 Å². The Morgan fingerprint density at radius 1 is 0.381 bits per heavy atom. The molecular weight excluding hydrogens is 1220 g/mol. The van der Waals surface area contributed by atoms with Crippen LogP contribution in [0.1, 0.15) is 328 Å². The fourth-order valence-electron chi connectivity index (χ4n) is 12.7. The summed E-state index contributed by atoms with van der Waals surface area (Å²) in [6.45, 7) is 2.71. The Hall–Kier alpha value is -3.09. The monoisotopic (exact) mass is 1370 g/mol. The largest absolute Gasteiger partial charge is 0.394 e. The second-order valence-corrected chi connectivity index (χ2v) is 27.8. The summed E-state index contributed by atoms with van der Waals surface area (Å²) in [5.74, 6) is -0.248. The third-order valence-electron chi connectivity index (χ3n) is 19.0. The number of carbonyl (C=O) groups is 1. The molecule has 14 nitrogen and oxygen atoms in total. The Morgan fingerprint density at radius 3 is 1.13 bits per heavy atom. The molecule has 9 N–H and O–H groups in total. The number of ether oxygens (including phenoxy) is 4. The van der Waals surface area contributed by atoms with E-state index in [1.807, 2.05) is 6.08 Å². The summed E-state index contributed by atoms with van der Waals surface area (Å²) in [4.78, 5) is 13.4. The Kier molecular flexibility index (Phi) is 61.4. The molecule has 1 amide bonds. The van der Waals surface area contributed by atoms with Crippen molar-refractivity contribution in [2.75, 3.05) is 19.8 Å². The van der Waals surface area contributed by atoms with Crippen LogP contribution in [0.25, 0.3) is 0 Å². The van der Waals surface area contributed by atoms with Crippen molar-refractivity contribution in [2.24, 2.45) is 0 Å². The van der Waals surface area contributed by atoms with E-state index in [-0.39, 0.29) is 18.9 Å². The second-order valence-electron chi connectivity index (χ2n) is 27.8. The summed E-state index contributed by atoms with van der Waals surface area (Å²) < 4.78 is 22.9. The van der Waals surface area contributed by atoms with Gasteiger partial charge in [-0.1, -0.05) is 336 Å².